The molecule has 1 saturated carbocycles. The van der Waals surface area contributed by atoms with Gasteiger partial charge >= 0.3 is 0 Å². The lowest BCUT2D eigenvalue weighted by Gasteiger charge is -2.18. The minimum atomic E-state index is -3.97. The molecule has 168 valence electrons. The number of hydrogen-bond donors (Lipinski definition) is 2. The summed E-state index contributed by atoms with van der Waals surface area (Å²) >= 11 is 0. The molecule has 1 aromatic heterocycles. The third-order valence-corrected chi connectivity index (χ3v) is 6.50. The van der Waals surface area contributed by atoms with E-state index in [2.05, 4.69) is 20.2 Å². The van der Waals surface area contributed by atoms with Crippen molar-refractivity contribution in [3.63, 3.8) is 0 Å². The molecule has 32 heavy (non-hydrogen) atoms. The Morgan fingerprint density at radius 1 is 1.16 bits per heavy atom. The minimum absolute atomic E-state index is 0.0292. The fourth-order valence-corrected chi connectivity index (χ4v) is 4.26. The lowest BCUT2D eigenvalue weighted by molar-refractivity contribution is 0.0913. The van der Waals surface area contributed by atoms with E-state index in [1.807, 2.05) is 13.8 Å². The number of hydrogen-bond acceptors (Lipinski definition) is 6. The van der Waals surface area contributed by atoms with Crippen LogP contribution in [0.25, 0.3) is 0 Å². The van der Waals surface area contributed by atoms with E-state index in [1.54, 1.807) is 0 Å². The smallest absolute Gasteiger partial charge is 0.261 e. The minimum Gasteiger partial charge on any atom is -0.340 e. The van der Waals surface area contributed by atoms with Crippen molar-refractivity contribution in [3.05, 3.63) is 71.6 Å². The number of carbonyl (C=O) groups excluding carboxylic acids is 1. The summed E-state index contributed by atoms with van der Waals surface area (Å²) < 4.78 is 46.2. The van der Waals surface area contributed by atoms with E-state index in [0.717, 1.165) is 25.0 Å². The Bertz CT molecular complexity index is 1220. The number of nitrogens with one attached hydrogen (secondary N) is 2. The average Bonchev–Trinajstić information content (AvgIpc) is 3.50. The molecule has 0 bridgehead atoms. The topological polar surface area (TPSA) is 114 Å². The van der Waals surface area contributed by atoms with Gasteiger partial charge in [-0.2, -0.15) is 4.98 Å². The highest BCUT2D eigenvalue weighted by Gasteiger charge is 2.32. The van der Waals surface area contributed by atoms with Gasteiger partial charge in [-0.25, -0.2) is 12.8 Å². The van der Waals surface area contributed by atoms with Gasteiger partial charge in [-0.05, 0) is 61.2 Å². The van der Waals surface area contributed by atoms with Gasteiger partial charge in [-0.3, -0.25) is 9.52 Å². The van der Waals surface area contributed by atoms with E-state index in [4.69, 9.17) is 4.52 Å². The van der Waals surface area contributed by atoms with Crippen LogP contribution in [-0.4, -0.2) is 24.5 Å². The van der Waals surface area contributed by atoms with Crippen LogP contribution in [0.4, 0.5) is 10.1 Å². The molecule has 0 aliphatic heterocycles. The number of anilines is 1. The van der Waals surface area contributed by atoms with Gasteiger partial charge in [0.05, 0.1) is 4.90 Å². The predicted molar refractivity (Wildman–Crippen MR) is 115 cm³/mol. The molecular weight excluding hydrogens is 435 g/mol. The lowest BCUT2D eigenvalue weighted by atomic mass is 10.0. The van der Waals surface area contributed by atoms with Crippen molar-refractivity contribution in [2.24, 2.45) is 5.92 Å². The van der Waals surface area contributed by atoms with Crippen molar-refractivity contribution in [2.45, 2.75) is 43.5 Å². The maximum atomic E-state index is 13.1. The van der Waals surface area contributed by atoms with E-state index < -0.39 is 27.8 Å². The molecule has 1 aliphatic rings. The molecule has 10 heteroatoms. The first kappa shape index (κ1) is 21.9. The Kier molecular flexibility index (Phi) is 5.96. The Hall–Kier alpha value is -3.27. The molecule has 8 nitrogen and oxygen atoms in total. The molecular formula is C22H23FN4O4S. The van der Waals surface area contributed by atoms with Crippen LogP contribution in [0.3, 0.4) is 0 Å². The van der Waals surface area contributed by atoms with Crippen molar-refractivity contribution in [1.82, 2.24) is 15.5 Å². The molecule has 1 unspecified atom stereocenters. The van der Waals surface area contributed by atoms with Gasteiger partial charge in [0.1, 0.15) is 11.9 Å². The summed E-state index contributed by atoms with van der Waals surface area (Å²) in [6.07, 6.45) is 2.07. The quantitative estimate of drug-likeness (QED) is 0.527. The number of nitrogens with zero attached hydrogens (tertiary/aromatic N) is 2. The van der Waals surface area contributed by atoms with Crippen LogP contribution < -0.4 is 10.0 Å². The average molecular weight is 459 g/mol. The van der Waals surface area contributed by atoms with E-state index in [0.29, 0.717) is 17.6 Å². The molecule has 1 fully saturated rings. The molecule has 2 N–H and O–H groups in total. The maximum absolute atomic E-state index is 13.1. The second-order valence-corrected chi connectivity index (χ2v) is 9.78. The molecule has 3 aromatic rings. The van der Waals surface area contributed by atoms with E-state index >= 15 is 0 Å². The first-order valence-corrected chi connectivity index (χ1v) is 11.7. The summed E-state index contributed by atoms with van der Waals surface area (Å²) in [5, 5.41) is 6.87. The zero-order chi connectivity index (χ0) is 22.9. The van der Waals surface area contributed by atoms with Crippen LogP contribution in [0.1, 0.15) is 60.7 Å². The lowest BCUT2D eigenvalue weighted by Crippen LogP contribution is -2.32. The maximum Gasteiger partial charge on any atom is 0.261 e. The monoisotopic (exact) mass is 458 g/mol. The van der Waals surface area contributed by atoms with E-state index in [-0.39, 0.29) is 22.1 Å². The molecule has 0 saturated heterocycles. The highest BCUT2D eigenvalue weighted by molar-refractivity contribution is 7.92. The van der Waals surface area contributed by atoms with Crippen LogP contribution in [0.2, 0.25) is 0 Å². The fraction of sp³-hybridized carbons (Fsp3) is 0.318. The summed E-state index contributed by atoms with van der Waals surface area (Å²) in [5.41, 5.74) is 0.378. The molecule has 1 heterocycles. The second kappa shape index (κ2) is 8.70. The van der Waals surface area contributed by atoms with Crippen molar-refractivity contribution in [2.75, 3.05) is 4.72 Å². The number of benzene rings is 2. The Labute approximate surface area is 185 Å². The standard InChI is InChI=1S/C22H23FN4O4S/c1-13(2)19(22-25-20(26-31-22)14-6-7-14)24-21(28)15-4-3-5-18(12-15)32(29,30)27-17-10-8-16(23)9-11-17/h3-5,8-14,19,27H,6-7H2,1-2H3,(H,24,28). The molecule has 1 aliphatic carbocycles. The molecule has 0 spiro atoms. The number of amides is 1. The van der Waals surface area contributed by atoms with Gasteiger partial charge in [-0.15, -0.1) is 0 Å². The third-order valence-electron chi connectivity index (χ3n) is 5.12. The van der Waals surface area contributed by atoms with Crippen LogP contribution in [0, 0.1) is 11.7 Å². The van der Waals surface area contributed by atoms with Gasteiger partial charge in [0, 0.05) is 17.2 Å². The Balaban J connectivity index is 1.52. The number of carbonyl (C=O) groups is 1. The largest absolute Gasteiger partial charge is 0.340 e. The third kappa shape index (κ3) is 4.96. The summed E-state index contributed by atoms with van der Waals surface area (Å²) in [4.78, 5) is 17.2. The molecule has 1 amide bonds. The zero-order valence-corrected chi connectivity index (χ0v) is 18.4. The first-order valence-electron chi connectivity index (χ1n) is 10.3. The summed E-state index contributed by atoms with van der Waals surface area (Å²) in [6.45, 7) is 3.83. The van der Waals surface area contributed by atoms with Gasteiger partial charge in [0.2, 0.25) is 5.89 Å². The van der Waals surface area contributed by atoms with Crippen molar-refractivity contribution >= 4 is 21.6 Å². The van der Waals surface area contributed by atoms with Crippen molar-refractivity contribution in [1.29, 1.82) is 0 Å². The predicted octanol–water partition coefficient (Wildman–Crippen LogP) is 4.01. The van der Waals surface area contributed by atoms with Gasteiger partial charge in [0.25, 0.3) is 15.9 Å². The molecule has 2 aromatic carbocycles. The van der Waals surface area contributed by atoms with Crippen LogP contribution in [0.15, 0.2) is 57.9 Å². The van der Waals surface area contributed by atoms with Crippen LogP contribution in [0.5, 0.6) is 0 Å². The SMILES string of the molecule is CC(C)C(NC(=O)c1cccc(S(=O)(=O)Nc2ccc(F)cc2)c1)c1nc(C2CC2)no1. The number of sulfonamides is 1. The van der Waals surface area contributed by atoms with Gasteiger partial charge in [-0.1, -0.05) is 25.1 Å². The fourth-order valence-electron chi connectivity index (χ4n) is 3.16. The number of rotatable bonds is 8. The second-order valence-electron chi connectivity index (χ2n) is 8.10. The normalized spacial score (nSPS) is 14.9. The van der Waals surface area contributed by atoms with Crippen molar-refractivity contribution < 1.29 is 22.1 Å². The molecule has 1 atom stereocenters. The zero-order valence-electron chi connectivity index (χ0n) is 17.6. The van der Waals surface area contributed by atoms with Crippen LogP contribution in [-0.2, 0) is 10.0 Å². The van der Waals surface area contributed by atoms with Gasteiger partial charge in [0.15, 0.2) is 5.82 Å². The number of halogens is 1. The number of aromatic nitrogens is 2. The Morgan fingerprint density at radius 3 is 2.53 bits per heavy atom. The van der Waals surface area contributed by atoms with E-state index in [1.165, 1.54) is 36.4 Å². The highest BCUT2D eigenvalue weighted by Crippen LogP contribution is 2.38. The van der Waals surface area contributed by atoms with Gasteiger partial charge < -0.3 is 9.84 Å². The summed E-state index contributed by atoms with van der Waals surface area (Å²) in [7, 11) is -3.97. The van der Waals surface area contributed by atoms with E-state index in [9.17, 15) is 17.6 Å². The van der Waals surface area contributed by atoms with Crippen molar-refractivity contribution in [3.8, 4) is 0 Å². The molecule has 4 rings (SSSR count). The summed E-state index contributed by atoms with van der Waals surface area (Å²) in [6, 6.07) is 10.1. The van der Waals surface area contributed by atoms with Crippen LogP contribution >= 0.6 is 0 Å². The Morgan fingerprint density at radius 2 is 1.88 bits per heavy atom. The molecule has 0 radical (unpaired) electrons. The highest BCUT2D eigenvalue weighted by atomic mass is 32.2. The first-order chi connectivity index (χ1) is 15.2. The summed E-state index contributed by atoms with van der Waals surface area (Å²) in [5.74, 6) is 0.340.